The molecule has 3 nitrogen and oxygen atoms in total. The fourth-order valence-corrected chi connectivity index (χ4v) is 2.22. The molecule has 0 aliphatic heterocycles. The summed E-state index contributed by atoms with van der Waals surface area (Å²) in [6.07, 6.45) is 3.14. The van der Waals surface area contributed by atoms with E-state index < -0.39 is 6.10 Å². The molecule has 0 amide bonds. The van der Waals surface area contributed by atoms with Gasteiger partial charge in [-0.3, -0.25) is 0 Å². The summed E-state index contributed by atoms with van der Waals surface area (Å²) >= 11 is 0. The molecule has 3 heteroatoms. The Morgan fingerprint density at radius 1 is 1.32 bits per heavy atom. The number of rotatable bonds is 6. The molecule has 2 unspecified atom stereocenters. The summed E-state index contributed by atoms with van der Waals surface area (Å²) in [6.45, 7) is 4.19. The van der Waals surface area contributed by atoms with Crippen LogP contribution in [0.25, 0.3) is 0 Å². The largest absolute Gasteiger partial charge is 0.490 e. The Morgan fingerprint density at radius 3 is 2.32 bits per heavy atom. The maximum atomic E-state index is 10.6. The first-order valence-corrected chi connectivity index (χ1v) is 7.09. The fraction of sp³-hybridized carbons (Fsp3) is 0.625. The molecule has 0 saturated heterocycles. The van der Waals surface area contributed by atoms with Gasteiger partial charge in [-0.1, -0.05) is 19.1 Å². The first-order chi connectivity index (χ1) is 8.97. The van der Waals surface area contributed by atoms with Crippen molar-refractivity contribution in [2.24, 2.45) is 0 Å². The molecule has 0 spiro atoms. The Morgan fingerprint density at radius 2 is 1.89 bits per heavy atom. The van der Waals surface area contributed by atoms with Crippen LogP contribution in [-0.4, -0.2) is 35.7 Å². The lowest BCUT2D eigenvalue weighted by Crippen LogP contribution is -2.46. The number of hydrogen-bond donors (Lipinski definition) is 1. The molecule has 0 radical (unpaired) electrons. The summed E-state index contributed by atoms with van der Waals surface area (Å²) in [5.41, 5.74) is 0.694. The molecule has 1 aromatic rings. The van der Waals surface area contributed by atoms with E-state index in [0.717, 1.165) is 17.7 Å². The van der Waals surface area contributed by atoms with Crippen LogP contribution in [-0.2, 0) is 0 Å². The highest BCUT2D eigenvalue weighted by molar-refractivity contribution is 5.30. The minimum atomic E-state index is -0.498. The van der Waals surface area contributed by atoms with Gasteiger partial charge >= 0.3 is 0 Å². The zero-order chi connectivity index (χ0) is 14.0. The number of likely N-dealkylation sites (N-methyl/N-ethyl adjacent to an activating group) is 1. The molecule has 1 saturated carbocycles. The number of benzene rings is 1. The molecule has 1 aromatic carbocycles. The fourth-order valence-electron chi connectivity index (χ4n) is 2.22. The van der Waals surface area contributed by atoms with Crippen LogP contribution in [0.2, 0.25) is 0 Å². The van der Waals surface area contributed by atoms with Crippen molar-refractivity contribution in [3.8, 4) is 5.75 Å². The average Bonchev–Trinajstić information content (AvgIpc) is 3.21. The van der Waals surface area contributed by atoms with Crippen LogP contribution >= 0.6 is 0 Å². The van der Waals surface area contributed by atoms with Crippen LogP contribution in [0, 0.1) is 0 Å². The van der Waals surface area contributed by atoms with Crippen LogP contribution in [0.15, 0.2) is 24.3 Å². The van der Waals surface area contributed by atoms with Crippen LogP contribution in [0.4, 0.5) is 0 Å². The van der Waals surface area contributed by atoms with Crippen molar-refractivity contribution in [2.75, 3.05) is 14.1 Å². The van der Waals surface area contributed by atoms with Crippen LogP contribution in [0.1, 0.15) is 44.8 Å². The molecule has 106 valence electrons. The molecule has 1 aliphatic carbocycles. The Hall–Kier alpha value is -1.06. The average molecular weight is 263 g/mol. The minimum Gasteiger partial charge on any atom is -0.490 e. The third-order valence-corrected chi connectivity index (χ3v) is 4.35. The molecule has 1 N–H and O–H groups in total. The Balaban J connectivity index is 2.11. The van der Waals surface area contributed by atoms with Gasteiger partial charge in [0.1, 0.15) is 5.75 Å². The monoisotopic (exact) mass is 263 g/mol. The molecule has 1 fully saturated rings. The molecule has 0 heterocycles. The number of aliphatic hydroxyl groups excluding tert-OH is 1. The van der Waals surface area contributed by atoms with Crippen LogP contribution in [0.5, 0.6) is 5.75 Å². The van der Waals surface area contributed by atoms with E-state index in [-0.39, 0.29) is 5.54 Å². The van der Waals surface area contributed by atoms with Gasteiger partial charge in [-0.05, 0) is 58.0 Å². The highest BCUT2D eigenvalue weighted by Gasteiger charge is 2.34. The van der Waals surface area contributed by atoms with Crippen molar-refractivity contribution < 1.29 is 9.84 Å². The van der Waals surface area contributed by atoms with E-state index in [1.807, 2.05) is 38.4 Å². The molecule has 2 rings (SSSR count). The Bertz CT molecular complexity index is 411. The van der Waals surface area contributed by atoms with Gasteiger partial charge in [0, 0.05) is 5.54 Å². The van der Waals surface area contributed by atoms with Gasteiger partial charge in [0.05, 0.1) is 12.2 Å². The predicted octanol–water partition coefficient (Wildman–Crippen LogP) is 2.99. The zero-order valence-corrected chi connectivity index (χ0v) is 12.4. The van der Waals surface area contributed by atoms with Gasteiger partial charge in [0.25, 0.3) is 0 Å². The summed E-state index contributed by atoms with van der Waals surface area (Å²) in [4.78, 5) is 2.09. The molecular weight excluding hydrogens is 238 g/mol. The van der Waals surface area contributed by atoms with Crippen molar-refractivity contribution in [2.45, 2.75) is 50.9 Å². The van der Waals surface area contributed by atoms with Crippen molar-refractivity contribution in [3.05, 3.63) is 29.8 Å². The van der Waals surface area contributed by atoms with E-state index >= 15 is 0 Å². The van der Waals surface area contributed by atoms with Gasteiger partial charge in [-0.25, -0.2) is 0 Å². The van der Waals surface area contributed by atoms with Gasteiger partial charge in [0.15, 0.2) is 0 Å². The first-order valence-electron chi connectivity index (χ1n) is 7.09. The summed E-state index contributed by atoms with van der Waals surface area (Å²) in [6, 6.07) is 7.87. The molecule has 2 atom stereocenters. The summed E-state index contributed by atoms with van der Waals surface area (Å²) in [5.74, 6) is 0.904. The van der Waals surface area contributed by atoms with E-state index in [4.69, 9.17) is 4.74 Å². The van der Waals surface area contributed by atoms with E-state index in [9.17, 15) is 5.11 Å². The Kier molecular flexibility index (Phi) is 4.16. The number of hydrogen-bond acceptors (Lipinski definition) is 3. The van der Waals surface area contributed by atoms with Gasteiger partial charge < -0.3 is 14.7 Å². The summed E-state index contributed by atoms with van der Waals surface area (Å²) in [5, 5.41) is 10.6. The second-order valence-corrected chi connectivity index (χ2v) is 5.89. The van der Waals surface area contributed by atoms with Crippen molar-refractivity contribution in [3.63, 3.8) is 0 Å². The van der Waals surface area contributed by atoms with Crippen molar-refractivity contribution >= 4 is 0 Å². The lowest BCUT2D eigenvalue weighted by atomic mass is 9.86. The summed E-state index contributed by atoms with van der Waals surface area (Å²) < 4.78 is 5.73. The standard InChI is InChI=1S/C16H25NO2/c1-5-16(2,17(3)4)15(18)12-6-8-13(9-7-12)19-14-10-11-14/h6-9,14-15,18H,5,10-11H2,1-4H3. The third kappa shape index (κ3) is 3.10. The van der Waals surface area contributed by atoms with E-state index in [2.05, 4.69) is 18.7 Å². The van der Waals surface area contributed by atoms with Crippen LogP contribution < -0.4 is 4.74 Å². The van der Waals surface area contributed by atoms with E-state index in [1.165, 1.54) is 12.8 Å². The highest BCUT2D eigenvalue weighted by Crippen LogP contribution is 2.34. The highest BCUT2D eigenvalue weighted by atomic mass is 16.5. The minimum absolute atomic E-state index is 0.251. The second kappa shape index (κ2) is 5.51. The molecule has 0 aromatic heterocycles. The third-order valence-electron chi connectivity index (χ3n) is 4.35. The van der Waals surface area contributed by atoms with Crippen LogP contribution in [0.3, 0.4) is 0 Å². The topological polar surface area (TPSA) is 32.7 Å². The van der Waals surface area contributed by atoms with Gasteiger partial charge in [-0.15, -0.1) is 0 Å². The van der Waals surface area contributed by atoms with Gasteiger partial charge in [-0.2, -0.15) is 0 Å². The predicted molar refractivity (Wildman–Crippen MR) is 77.4 cm³/mol. The smallest absolute Gasteiger partial charge is 0.119 e. The van der Waals surface area contributed by atoms with Gasteiger partial charge in [0.2, 0.25) is 0 Å². The number of ether oxygens (including phenoxy) is 1. The lowest BCUT2D eigenvalue weighted by Gasteiger charge is -2.40. The Labute approximate surface area is 116 Å². The lowest BCUT2D eigenvalue weighted by molar-refractivity contribution is 0.000841. The van der Waals surface area contributed by atoms with E-state index in [0.29, 0.717) is 6.10 Å². The van der Waals surface area contributed by atoms with E-state index in [1.54, 1.807) is 0 Å². The molecule has 1 aliphatic rings. The molecule has 0 bridgehead atoms. The number of aliphatic hydroxyl groups is 1. The normalized spacial score (nSPS) is 20.1. The SMILES string of the molecule is CCC(C)(C(O)c1ccc(OC2CC2)cc1)N(C)C. The first kappa shape index (κ1) is 14.4. The summed E-state index contributed by atoms with van der Waals surface area (Å²) in [7, 11) is 4.02. The maximum absolute atomic E-state index is 10.6. The van der Waals surface area contributed by atoms with Crippen molar-refractivity contribution in [1.29, 1.82) is 0 Å². The number of nitrogens with zero attached hydrogens (tertiary/aromatic N) is 1. The second-order valence-electron chi connectivity index (χ2n) is 5.89. The molecular formula is C16H25NO2. The quantitative estimate of drug-likeness (QED) is 0.856. The molecule has 19 heavy (non-hydrogen) atoms. The maximum Gasteiger partial charge on any atom is 0.119 e. The van der Waals surface area contributed by atoms with Crippen molar-refractivity contribution in [1.82, 2.24) is 4.90 Å². The zero-order valence-electron chi connectivity index (χ0n) is 12.4.